The Balaban J connectivity index is 0.00000306. The summed E-state index contributed by atoms with van der Waals surface area (Å²) in [5, 5.41) is 0.618. The molecule has 0 radical (unpaired) electrons. The summed E-state index contributed by atoms with van der Waals surface area (Å²) in [7, 11) is 1.63. The van der Waals surface area contributed by atoms with Crippen molar-refractivity contribution >= 4 is 29.2 Å². The molecule has 1 fully saturated rings. The molecule has 0 spiro atoms. The lowest BCUT2D eigenvalue weighted by molar-refractivity contribution is 0.0714. The Morgan fingerprint density at radius 2 is 1.91 bits per heavy atom. The van der Waals surface area contributed by atoms with Crippen molar-refractivity contribution in [3.05, 3.63) is 70.4 Å². The summed E-state index contributed by atoms with van der Waals surface area (Å²) >= 11 is 0. The fraction of sp³-hybridized carbons (Fsp3) is 0.400. The van der Waals surface area contributed by atoms with E-state index in [1.165, 1.54) is 18.2 Å². The lowest BCUT2D eigenvalue weighted by Gasteiger charge is -2.32. The second kappa shape index (κ2) is 10.6. The second-order valence-electron chi connectivity index (χ2n) is 8.47. The molecular formula is C25H30ClF2N3O2. The summed E-state index contributed by atoms with van der Waals surface area (Å²) in [4.78, 5) is 15.2. The number of hydrogen-bond acceptors (Lipinski definition) is 3. The van der Waals surface area contributed by atoms with Crippen LogP contribution < -0.4 is 5.73 Å². The van der Waals surface area contributed by atoms with E-state index in [2.05, 4.69) is 0 Å². The van der Waals surface area contributed by atoms with Crippen molar-refractivity contribution in [2.24, 2.45) is 5.73 Å². The molecule has 1 amide bonds. The van der Waals surface area contributed by atoms with Crippen LogP contribution in [0.4, 0.5) is 8.78 Å². The third-order valence-electron chi connectivity index (χ3n) is 6.41. The van der Waals surface area contributed by atoms with Crippen molar-refractivity contribution in [3.63, 3.8) is 0 Å². The summed E-state index contributed by atoms with van der Waals surface area (Å²) < 4.78 is 35.7. The number of ether oxygens (including phenoxy) is 1. The topological polar surface area (TPSA) is 60.5 Å². The molecule has 1 aliphatic rings. The number of fused-ring (bicyclic) bond motifs is 1. The van der Waals surface area contributed by atoms with Gasteiger partial charge in [-0.25, -0.2) is 8.78 Å². The van der Waals surface area contributed by atoms with Crippen LogP contribution in [0.1, 0.15) is 45.8 Å². The highest BCUT2D eigenvalue weighted by molar-refractivity contribution is 6.07. The Labute approximate surface area is 198 Å². The number of rotatable bonds is 6. The van der Waals surface area contributed by atoms with Crippen molar-refractivity contribution in [1.82, 2.24) is 9.47 Å². The predicted molar refractivity (Wildman–Crippen MR) is 128 cm³/mol. The van der Waals surface area contributed by atoms with Gasteiger partial charge in [0.15, 0.2) is 0 Å². The maximum Gasteiger partial charge on any atom is 0.256 e. The van der Waals surface area contributed by atoms with Gasteiger partial charge in [0.25, 0.3) is 5.91 Å². The van der Waals surface area contributed by atoms with E-state index in [4.69, 9.17) is 10.5 Å². The zero-order chi connectivity index (χ0) is 22.8. The number of likely N-dealkylation sites (tertiary alicyclic amines) is 1. The maximum atomic E-state index is 14.4. The third kappa shape index (κ3) is 5.05. The molecule has 1 aromatic heterocycles. The zero-order valence-corrected chi connectivity index (χ0v) is 19.8. The molecule has 0 saturated carbocycles. The lowest BCUT2D eigenvalue weighted by atomic mass is 9.88. The lowest BCUT2D eigenvalue weighted by Crippen LogP contribution is -2.38. The van der Waals surface area contributed by atoms with Gasteiger partial charge in [-0.05, 0) is 60.6 Å². The van der Waals surface area contributed by atoms with Gasteiger partial charge >= 0.3 is 0 Å². The van der Waals surface area contributed by atoms with Crippen LogP contribution in [0.25, 0.3) is 10.9 Å². The average molecular weight is 478 g/mol. The van der Waals surface area contributed by atoms with E-state index in [-0.39, 0.29) is 35.9 Å². The Morgan fingerprint density at radius 1 is 1.18 bits per heavy atom. The molecule has 8 heteroatoms. The van der Waals surface area contributed by atoms with E-state index in [9.17, 15) is 13.6 Å². The smallest absolute Gasteiger partial charge is 0.256 e. The molecule has 0 aliphatic carbocycles. The van der Waals surface area contributed by atoms with Crippen LogP contribution in [0.15, 0.2) is 36.5 Å². The van der Waals surface area contributed by atoms with Crippen molar-refractivity contribution in [3.8, 4) is 0 Å². The normalized spacial score (nSPS) is 14.5. The van der Waals surface area contributed by atoms with E-state index in [1.807, 2.05) is 17.6 Å². The number of piperidine rings is 1. The minimum atomic E-state index is -0.359. The quantitative estimate of drug-likeness (QED) is 0.556. The fourth-order valence-corrected chi connectivity index (χ4v) is 4.75. The molecule has 0 unspecified atom stereocenters. The highest BCUT2D eigenvalue weighted by atomic mass is 35.5. The minimum absolute atomic E-state index is 0. The van der Waals surface area contributed by atoms with Gasteiger partial charge in [-0.2, -0.15) is 0 Å². The predicted octanol–water partition coefficient (Wildman–Crippen LogP) is 4.77. The first-order valence-corrected chi connectivity index (χ1v) is 11.0. The van der Waals surface area contributed by atoms with Gasteiger partial charge in [0.2, 0.25) is 0 Å². The molecule has 33 heavy (non-hydrogen) atoms. The molecule has 4 rings (SSSR count). The molecule has 0 atom stereocenters. The number of methoxy groups -OCH3 is 1. The molecule has 1 saturated heterocycles. The number of carbonyl (C=O) groups is 1. The van der Waals surface area contributed by atoms with Crippen LogP contribution >= 0.6 is 12.4 Å². The molecule has 3 aromatic rings. The summed E-state index contributed by atoms with van der Waals surface area (Å²) in [6.07, 6.45) is 3.15. The molecule has 2 heterocycles. The minimum Gasteiger partial charge on any atom is -0.383 e. The SMILES string of the molecule is COCCn1cc(C(=O)N2CCC(c3cc(CN)ccc3F)CC2)c2cc(F)cc(C)c21.Cl. The van der Waals surface area contributed by atoms with Crippen LogP contribution in [0.5, 0.6) is 0 Å². The number of aromatic nitrogens is 1. The molecule has 5 nitrogen and oxygen atoms in total. The van der Waals surface area contributed by atoms with Gasteiger partial charge in [0, 0.05) is 44.9 Å². The third-order valence-corrected chi connectivity index (χ3v) is 6.41. The zero-order valence-electron chi connectivity index (χ0n) is 18.9. The number of hydrogen-bond donors (Lipinski definition) is 1. The van der Waals surface area contributed by atoms with Gasteiger partial charge in [-0.15, -0.1) is 12.4 Å². The van der Waals surface area contributed by atoms with Gasteiger partial charge < -0.3 is 19.9 Å². The van der Waals surface area contributed by atoms with Gasteiger partial charge in [-0.3, -0.25) is 4.79 Å². The van der Waals surface area contributed by atoms with E-state index in [0.29, 0.717) is 62.1 Å². The molecule has 2 aromatic carbocycles. The van der Waals surface area contributed by atoms with Gasteiger partial charge in [-0.1, -0.05) is 12.1 Å². The highest BCUT2D eigenvalue weighted by Gasteiger charge is 2.28. The van der Waals surface area contributed by atoms with Crippen LogP contribution in [0, 0.1) is 18.6 Å². The van der Waals surface area contributed by atoms with Crippen LogP contribution in [-0.2, 0) is 17.8 Å². The van der Waals surface area contributed by atoms with Crippen LogP contribution in [-0.4, -0.2) is 42.2 Å². The molecular weight excluding hydrogens is 448 g/mol. The fourth-order valence-electron chi connectivity index (χ4n) is 4.75. The molecule has 178 valence electrons. The number of carbonyl (C=O) groups excluding carboxylic acids is 1. The van der Waals surface area contributed by atoms with E-state index in [1.54, 1.807) is 24.3 Å². The van der Waals surface area contributed by atoms with E-state index < -0.39 is 0 Å². The van der Waals surface area contributed by atoms with Crippen molar-refractivity contribution in [2.45, 2.75) is 38.8 Å². The summed E-state index contributed by atoms with van der Waals surface area (Å²) in [5.41, 5.74) is 9.42. The highest BCUT2D eigenvalue weighted by Crippen LogP contribution is 2.33. The number of aryl methyl sites for hydroxylation is 1. The van der Waals surface area contributed by atoms with Gasteiger partial charge in [0.05, 0.1) is 17.7 Å². The number of amides is 1. The first-order chi connectivity index (χ1) is 15.4. The first kappa shape index (κ1) is 25.1. The Kier molecular flexibility index (Phi) is 8.10. The van der Waals surface area contributed by atoms with Crippen molar-refractivity contribution < 1.29 is 18.3 Å². The molecule has 2 N–H and O–H groups in total. The maximum absolute atomic E-state index is 14.4. The first-order valence-electron chi connectivity index (χ1n) is 11.0. The average Bonchev–Trinajstić information content (AvgIpc) is 3.16. The summed E-state index contributed by atoms with van der Waals surface area (Å²) in [5.74, 6) is -0.652. The van der Waals surface area contributed by atoms with Crippen molar-refractivity contribution in [1.29, 1.82) is 0 Å². The second-order valence-corrected chi connectivity index (χ2v) is 8.47. The van der Waals surface area contributed by atoms with E-state index >= 15 is 0 Å². The molecule has 0 bridgehead atoms. The number of halogens is 3. The Morgan fingerprint density at radius 3 is 2.58 bits per heavy atom. The molecule has 1 aliphatic heterocycles. The monoisotopic (exact) mass is 477 g/mol. The summed E-state index contributed by atoms with van der Waals surface area (Å²) in [6, 6.07) is 7.93. The Hall–Kier alpha value is -2.48. The number of nitrogens with zero attached hydrogens (tertiary/aromatic N) is 2. The van der Waals surface area contributed by atoms with Crippen molar-refractivity contribution in [2.75, 3.05) is 26.8 Å². The van der Waals surface area contributed by atoms with Crippen LogP contribution in [0.3, 0.4) is 0 Å². The number of nitrogens with two attached hydrogens (primary N) is 1. The van der Waals surface area contributed by atoms with E-state index in [0.717, 1.165) is 16.6 Å². The van der Waals surface area contributed by atoms with Gasteiger partial charge in [0.1, 0.15) is 11.6 Å². The van der Waals surface area contributed by atoms with Crippen LogP contribution in [0.2, 0.25) is 0 Å². The number of benzene rings is 2. The standard InChI is InChI=1S/C25H29F2N3O2.ClH/c1-16-11-19(26)13-21-22(15-30(24(16)21)9-10-32-2)25(31)29-7-5-18(6-8-29)20-12-17(14-28)3-4-23(20)27;/h3-4,11-13,15,18H,5-10,14,28H2,1-2H3;1H. The largest absolute Gasteiger partial charge is 0.383 e. The Bertz CT molecular complexity index is 1140. The summed E-state index contributed by atoms with van der Waals surface area (Å²) in [6.45, 7) is 4.33.